The van der Waals surface area contributed by atoms with Crippen LogP contribution in [0.25, 0.3) is 0 Å². The number of benzene rings is 3. The molecule has 0 bridgehead atoms. The van der Waals surface area contributed by atoms with Crippen LogP contribution < -0.4 is 4.74 Å². The molecule has 3 aromatic rings. The minimum absolute atomic E-state index is 0.0776. The van der Waals surface area contributed by atoms with E-state index in [0.29, 0.717) is 30.1 Å². The SMILES string of the molecule is O=C(Cc1ccc2c(c1)C(=O)c1ccccc1CO2)OCCCc1ccccc1. The van der Waals surface area contributed by atoms with Crippen LogP contribution in [0.1, 0.15) is 39.0 Å². The van der Waals surface area contributed by atoms with Gasteiger partial charge in [-0.25, -0.2) is 0 Å². The second-order valence-electron chi connectivity index (χ2n) is 7.09. The molecule has 0 N–H and O–H groups in total. The number of aryl methyl sites for hydroxylation is 1. The maximum atomic E-state index is 12.9. The predicted molar refractivity (Wildman–Crippen MR) is 110 cm³/mol. The van der Waals surface area contributed by atoms with Gasteiger partial charge in [-0.3, -0.25) is 9.59 Å². The van der Waals surface area contributed by atoms with E-state index < -0.39 is 0 Å². The minimum atomic E-state index is -0.291. The summed E-state index contributed by atoms with van der Waals surface area (Å²) in [6, 6.07) is 22.9. The van der Waals surface area contributed by atoms with Crippen LogP contribution in [0.2, 0.25) is 0 Å². The summed E-state index contributed by atoms with van der Waals surface area (Å²) in [5.41, 5.74) is 3.98. The van der Waals surface area contributed by atoms with Gasteiger partial charge in [0.1, 0.15) is 12.4 Å². The zero-order valence-electron chi connectivity index (χ0n) is 16.1. The molecule has 0 atom stereocenters. The first-order valence-corrected chi connectivity index (χ1v) is 9.78. The lowest BCUT2D eigenvalue weighted by Gasteiger charge is -2.09. The van der Waals surface area contributed by atoms with Crippen molar-refractivity contribution in [1.29, 1.82) is 0 Å². The van der Waals surface area contributed by atoms with E-state index in [2.05, 4.69) is 12.1 Å². The van der Waals surface area contributed by atoms with Gasteiger partial charge in [0.15, 0.2) is 5.78 Å². The standard InChI is InChI=1S/C25H22O4/c26-24(28-14-6-9-18-7-2-1-3-8-18)16-19-12-13-23-22(15-19)25(27)21-11-5-4-10-20(21)17-29-23/h1-5,7-8,10-13,15H,6,9,14,16-17H2. The zero-order chi connectivity index (χ0) is 20.1. The molecule has 0 aromatic heterocycles. The lowest BCUT2D eigenvalue weighted by Crippen LogP contribution is -2.10. The fourth-order valence-corrected chi connectivity index (χ4v) is 3.48. The molecule has 0 unspecified atom stereocenters. The van der Waals surface area contributed by atoms with Crippen LogP contribution in [0.3, 0.4) is 0 Å². The van der Waals surface area contributed by atoms with E-state index in [1.807, 2.05) is 48.5 Å². The highest BCUT2D eigenvalue weighted by atomic mass is 16.5. The fourth-order valence-electron chi connectivity index (χ4n) is 3.48. The monoisotopic (exact) mass is 386 g/mol. The summed E-state index contributed by atoms with van der Waals surface area (Å²) >= 11 is 0. The Balaban J connectivity index is 1.37. The predicted octanol–water partition coefficient (Wildman–Crippen LogP) is 4.53. The number of hydrogen-bond acceptors (Lipinski definition) is 4. The Hall–Kier alpha value is -3.40. The van der Waals surface area contributed by atoms with Crippen LogP contribution >= 0.6 is 0 Å². The van der Waals surface area contributed by atoms with Crippen molar-refractivity contribution in [3.63, 3.8) is 0 Å². The number of ether oxygens (including phenoxy) is 2. The summed E-state index contributed by atoms with van der Waals surface area (Å²) < 4.78 is 11.2. The molecule has 0 fully saturated rings. The molecular formula is C25H22O4. The van der Waals surface area contributed by atoms with Gasteiger partial charge in [0.05, 0.1) is 18.6 Å². The Morgan fingerprint density at radius 2 is 1.69 bits per heavy atom. The third-order valence-electron chi connectivity index (χ3n) is 5.00. The van der Waals surface area contributed by atoms with Gasteiger partial charge in [-0.1, -0.05) is 60.7 Å². The van der Waals surface area contributed by atoms with Gasteiger partial charge in [-0.15, -0.1) is 0 Å². The number of carbonyl (C=O) groups is 2. The van der Waals surface area contributed by atoms with Crippen LogP contribution in [0.4, 0.5) is 0 Å². The van der Waals surface area contributed by atoms with Crippen LogP contribution in [0, 0.1) is 0 Å². The van der Waals surface area contributed by atoms with E-state index in [1.165, 1.54) is 5.56 Å². The highest BCUT2D eigenvalue weighted by Gasteiger charge is 2.22. The molecule has 0 radical (unpaired) electrons. The number of carbonyl (C=O) groups excluding carboxylic acids is 2. The summed E-state index contributed by atoms with van der Waals surface area (Å²) in [7, 11) is 0. The van der Waals surface area contributed by atoms with E-state index in [0.717, 1.165) is 24.0 Å². The van der Waals surface area contributed by atoms with Gasteiger partial charge in [0, 0.05) is 11.1 Å². The Labute approximate surface area is 170 Å². The molecule has 4 nitrogen and oxygen atoms in total. The highest BCUT2D eigenvalue weighted by Crippen LogP contribution is 2.29. The number of rotatable bonds is 6. The Kier molecular flexibility index (Phi) is 5.71. The van der Waals surface area contributed by atoms with E-state index in [-0.39, 0.29) is 18.2 Å². The van der Waals surface area contributed by atoms with Gasteiger partial charge >= 0.3 is 5.97 Å². The molecule has 0 spiro atoms. The van der Waals surface area contributed by atoms with Crippen LogP contribution in [-0.4, -0.2) is 18.4 Å². The molecule has 146 valence electrons. The fraction of sp³-hybridized carbons (Fsp3) is 0.200. The largest absolute Gasteiger partial charge is 0.488 e. The molecule has 0 saturated carbocycles. The Morgan fingerprint density at radius 3 is 2.55 bits per heavy atom. The maximum absolute atomic E-state index is 12.9. The quantitative estimate of drug-likeness (QED) is 0.461. The number of ketones is 1. The third-order valence-corrected chi connectivity index (χ3v) is 5.00. The van der Waals surface area contributed by atoms with E-state index in [4.69, 9.17) is 9.47 Å². The van der Waals surface area contributed by atoms with Crippen molar-refractivity contribution in [1.82, 2.24) is 0 Å². The molecular weight excluding hydrogens is 364 g/mol. The molecule has 1 heterocycles. The van der Waals surface area contributed by atoms with Crippen LogP contribution in [0.5, 0.6) is 5.75 Å². The lowest BCUT2D eigenvalue weighted by molar-refractivity contribution is -0.142. The first-order chi connectivity index (χ1) is 14.2. The summed E-state index contributed by atoms with van der Waals surface area (Å²) in [5, 5.41) is 0. The van der Waals surface area contributed by atoms with E-state index >= 15 is 0 Å². The summed E-state index contributed by atoms with van der Waals surface area (Å²) in [6.45, 7) is 0.742. The summed E-state index contributed by atoms with van der Waals surface area (Å²) in [4.78, 5) is 25.1. The van der Waals surface area contributed by atoms with Crippen molar-refractivity contribution >= 4 is 11.8 Å². The van der Waals surface area contributed by atoms with Crippen molar-refractivity contribution in [3.8, 4) is 5.75 Å². The maximum Gasteiger partial charge on any atom is 0.310 e. The normalized spacial score (nSPS) is 12.3. The molecule has 0 aliphatic carbocycles. The first-order valence-electron chi connectivity index (χ1n) is 9.78. The molecule has 1 aliphatic rings. The van der Waals surface area contributed by atoms with Crippen molar-refractivity contribution < 1.29 is 19.1 Å². The second kappa shape index (κ2) is 8.74. The third kappa shape index (κ3) is 4.54. The Bertz CT molecular complexity index is 1020. The molecule has 1 aliphatic heterocycles. The van der Waals surface area contributed by atoms with Crippen molar-refractivity contribution in [2.45, 2.75) is 25.9 Å². The number of hydrogen-bond donors (Lipinski definition) is 0. The molecule has 29 heavy (non-hydrogen) atoms. The molecule has 3 aromatic carbocycles. The number of fused-ring (bicyclic) bond motifs is 2. The van der Waals surface area contributed by atoms with Gasteiger partial charge < -0.3 is 9.47 Å². The molecule has 4 heteroatoms. The minimum Gasteiger partial charge on any atom is -0.488 e. The van der Waals surface area contributed by atoms with Gasteiger partial charge in [-0.05, 0) is 36.1 Å². The average Bonchev–Trinajstić information content (AvgIpc) is 2.89. The van der Waals surface area contributed by atoms with E-state index in [1.54, 1.807) is 12.1 Å². The molecule has 4 rings (SSSR count). The summed E-state index contributed by atoms with van der Waals surface area (Å²) in [5.74, 6) is 0.178. The van der Waals surface area contributed by atoms with Gasteiger partial charge in [-0.2, -0.15) is 0 Å². The second-order valence-corrected chi connectivity index (χ2v) is 7.09. The lowest BCUT2D eigenvalue weighted by atomic mass is 9.97. The Morgan fingerprint density at radius 1 is 0.897 bits per heavy atom. The number of esters is 1. The van der Waals surface area contributed by atoms with Crippen molar-refractivity contribution in [2.24, 2.45) is 0 Å². The first kappa shape index (κ1) is 18.9. The topological polar surface area (TPSA) is 52.6 Å². The zero-order valence-corrected chi connectivity index (χ0v) is 16.1. The highest BCUT2D eigenvalue weighted by molar-refractivity contribution is 6.12. The smallest absolute Gasteiger partial charge is 0.310 e. The average molecular weight is 386 g/mol. The van der Waals surface area contributed by atoms with Gasteiger partial charge in [0.25, 0.3) is 0 Å². The van der Waals surface area contributed by atoms with Crippen molar-refractivity contribution in [3.05, 3.63) is 101 Å². The van der Waals surface area contributed by atoms with Crippen LogP contribution in [0.15, 0.2) is 72.8 Å². The van der Waals surface area contributed by atoms with Crippen molar-refractivity contribution in [2.75, 3.05) is 6.61 Å². The summed E-state index contributed by atoms with van der Waals surface area (Å²) in [6.07, 6.45) is 1.79. The molecule has 0 saturated heterocycles. The van der Waals surface area contributed by atoms with Gasteiger partial charge in [0.2, 0.25) is 0 Å². The van der Waals surface area contributed by atoms with E-state index in [9.17, 15) is 9.59 Å². The van der Waals surface area contributed by atoms with Crippen LogP contribution in [-0.2, 0) is 29.0 Å². The molecule has 0 amide bonds.